The molecule has 0 aliphatic heterocycles. The van der Waals surface area contributed by atoms with Crippen molar-refractivity contribution in [2.24, 2.45) is 0 Å². The Bertz CT molecular complexity index is 1230. The van der Waals surface area contributed by atoms with Gasteiger partial charge in [0.05, 0.1) is 36.2 Å². The minimum atomic E-state index is -0.241. The molecule has 2 N–H and O–H groups in total. The van der Waals surface area contributed by atoms with E-state index in [-0.39, 0.29) is 11.4 Å². The second-order valence-electron chi connectivity index (χ2n) is 7.67. The van der Waals surface area contributed by atoms with Gasteiger partial charge in [-0.25, -0.2) is 9.97 Å². The molecule has 1 fully saturated rings. The van der Waals surface area contributed by atoms with Crippen LogP contribution < -0.4 is 5.73 Å². The van der Waals surface area contributed by atoms with Gasteiger partial charge in [-0.2, -0.15) is 15.3 Å². The molecule has 0 amide bonds. The highest BCUT2D eigenvalue weighted by Gasteiger charge is 2.44. The largest absolute Gasteiger partial charge is 0.368 e. The molecule has 0 bridgehead atoms. The Labute approximate surface area is 178 Å². The van der Waals surface area contributed by atoms with E-state index in [1.54, 1.807) is 23.3 Å². The summed E-state index contributed by atoms with van der Waals surface area (Å²) in [6, 6.07) is 10.5. The van der Waals surface area contributed by atoms with Crippen LogP contribution in [0.1, 0.15) is 37.1 Å². The summed E-state index contributed by atoms with van der Waals surface area (Å²) in [6.45, 7) is 0.535. The highest BCUT2D eigenvalue weighted by atomic mass is 16.5. The van der Waals surface area contributed by atoms with Gasteiger partial charge in [0.25, 0.3) is 5.89 Å². The molecule has 9 nitrogen and oxygen atoms in total. The van der Waals surface area contributed by atoms with Gasteiger partial charge >= 0.3 is 0 Å². The van der Waals surface area contributed by atoms with Crippen LogP contribution in [0.2, 0.25) is 0 Å². The lowest BCUT2D eigenvalue weighted by Gasteiger charge is -2.39. The van der Waals surface area contributed by atoms with Crippen molar-refractivity contribution >= 4 is 5.95 Å². The first-order valence-corrected chi connectivity index (χ1v) is 10.1. The number of benzene rings is 1. The maximum Gasteiger partial charge on any atom is 0.261 e. The van der Waals surface area contributed by atoms with E-state index in [0.717, 1.165) is 41.5 Å². The van der Waals surface area contributed by atoms with Crippen LogP contribution in [0.3, 0.4) is 0 Å². The lowest BCUT2D eigenvalue weighted by Crippen LogP contribution is -2.36. The first-order chi connectivity index (χ1) is 15.2. The number of nitrogen functional groups attached to an aromatic ring is 1. The summed E-state index contributed by atoms with van der Waals surface area (Å²) < 4.78 is 7.28. The van der Waals surface area contributed by atoms with E-state index in [1.807, 2.05) is 6.20 Å². The van der Waals surface area contributed by atoms with Gasteiger partial charge in [0.2, 0.25) is 5.95 Å². The molecule has 5 rings (SSSR count). The molecule has 154 valence electrons. The Balaban J connectivity index is 1.41. The normalized spacial score (nSPS) is 14.7. The number of aryl methyl sites for hydroxylation is 1. The van der Waals surface area contributed by atoms with Gasteiger partial charge < -0.3 is 10.3 Å². The first kappa shape index (κ1) is 18.9. The van der Waals surface area contributed by atoms with Crippen LogP contribution >= 0.6 is 0 Å². The summed E-state index contributed by atoms with van der Waals surface area (Å²) in [7, 11) is 0. The van der Waals surface area contributed by atoms with Gasteiger partial charge in [-0.1, -0.05) is 35.8 Å². The lowest BCUT2D eigenvalue weighted by molar-refractivity contribution is 0.273. The SMILES string of the molecule is N#CCCn1cc(-c2nc(C3(c4ccc(-c5cnc(N)nc5)cc4)CCC3)no2)cn1. The van der Waals surface area contributed by atoms with Gasteiger partial charge in [-0.3, -0.25) is 4.68 Å². The fourth-order valence-electron chi connectivity index (χ4n) is 3.94. The van der Waals surface area contributed by atoms with Crippen LogP contribution in [-0.2, 0) is 12.0 Å². The third-order valence-electron chi connectivity index (χ3n) is 5.84. The summed E-state index contributed by atoms with van der Waals surface area (Å²) in [4.78, 5) is 12.8. The average Bonchev–Trinajstić information content (AvgIpc) is 3.43. The fourth-order valence-corrected chi connectivity index (χ4v) is 3.94. The monoisotopic (exact) mass is 412 g/mol. The van der Waals surface area contributed by atoms with Crippen molar-refractivity contribution in [1.29, 1.82) is 5.26 Å². The summed E-state index contributed by atoms with van der Waals surface area (Å²) in [5.41, 5.74) is 9.20. The predicted molar refractivity (Wildman–Crippen MR) is 112 cm³/mol. The minimum absolute atomic E-state index is 0.241. The van der Waals surface area contributed by atoms with E-state index in [4.69, 9.17) is 20.5 Å². The second kappa shape index (κ2) is 7.65. The molecule has 0 unspecified atom stereocenters. The third kappa shape index (κ3) is 3.42. The van der Waals surface area contributed by atoms with Gasteiger partial charge in [0.1, 0.15) is 0 Å². The van der Waals surface area contributed by atoms with Gasteiger partial charge in [0, 0.05) is 24.2 Å². The maximum atomic E-state index is 8.74. The van der Waals surface area contributed by atoms with E-state index in [1.165, 1.54) is 0 Å². The van der Waals surface area contributed by atoms with Crippen LogP contribution in [0.15, 0.2) is 53.6 Å². The molecule has 4 aromatic rings. The Kier molecular flexibility index (Phi) is 4.67. The van der Waals surface area contributed by atoms with Crippen LogP contribution in [0.25, 0.3) is 22.6 Å². The highest BCUT2D eigenvalue weighted by molar-refractivity contribution is 5.63. The zero-order valence-corrected chi connectivity index (χ0v) is 16.8. The molecule has 0 saturated heterocycles. The van der Waals surface area contributed by atoms with Crippen LogP contribution in [0.4, 0.5) is 5.95 Å². The molecule has 1 aliphatic carbocycles. The zero-order chi connectivity index (χ0) is 21.3. The lowest BCUT2D eigenvalue weighted by atomic mass is 9.64. The number of nitrogens with zero attached hydrogens (tertiary/aromatic N) is 7. The third-order valence-corrected chi connectivity index (χ3v) is 5.84. The first-order valence-electron chi connectivity index (χ1n) is 10.1. The summed E-state index contributed by atoms with van der Waals surface area (Å²) in [5, 5.41) is 17.3. The molecular formula is C22H20N8O. The van der Waals surface area contributed by atoms with Crippen LogP contribution in [0.5, 0.6) is 0 Å². The van der Waals surface area contributed by atoms with E-state index in [0.29, 0.717) is 24.7 Å². The van der Waals surface area contributed by atoms with Crippen molar-refractivity contribution in [3.8, 4) is 28.7 Å². The minimum Gasteiger partial charge on any atom is -0.368 e. The standard InChI is InChI=1S/C22H20N8O/c23-9-2-10-30-14-17(13-27-30)19-28-20(29-31-19)22(7-1-8-22)18-5-3-15(4-6-18)16-11-25-21(24)26-12-16/h3-6,11-14H,1-2,7-8,10H2,(H2,24,25,26). The van der Waals surface area contributed by atoms with Crippen molar-refractivity contribution in [1.82, 2.24) is 29.9 Å². The van der Waals surface area contributed by atoms with Crippen molar-refractivity contribution in [3.63, 3.8) is 0 Å². The Hall–Kier alpha value is -4.06. The highest BCUT2D eigenvalue weighted by Crippen LogP contribution is 2.48. The van der Waals surface area contributed by atoms with E-state index >= 15 is 0 Å². The molecule has 31 heavy (non-hydrogen) atoms. The Morgan fingerprint density at radius 1 is 1.06 bits per heavy atom. The molecule has 9 heteroatoms. The molecular weight excluding hydrogens is 392 g/mol. The van der Waals surface area contributed by atoms with Crippen molar-refractivity contribution in [2.75, 3.05) is 5.73 Å². The number of hydrogen-bond donors (Lipinski definition) is 1. The number of hydrogen-bond acceptors (Lipinski definition) is 8. The number of rotatable bonds is 6. The van der Waals surface area contributed by atoms with Gasteiger partial charge in [0.15, 0.2) is 5.82 Å². The average molecular weight is 412 g/mol. The molecule has 0 spiro atoms. The topological polar surface area (TPSA) is 132 Å². The molecule has 0 radical (unpaired) electrons. The number of nitriles is 1. The number of anilines is 1. The molecule has 0 atom stereocenters. The Morgan fingerprint density at radius 3 is 2.52 bits per heavy atom. The van der Waals surface area contributed by atoms with E-state index in [9.17, 15) is 0 Å². The number of nitrogens with two attached hydrogens (primary N) is 1. The number of aromatic nitrogens is 6. The molecule has 1 aromatic carbocycles. The fraction of sp³-hybridized carbons (Fsp3) is 0.273. The summed E-state index contributed by atoms with van der Waals surface area (Å²) in [5.74, 6) is 1.40. The molecule has 3 heterocycles. The summed E-state index contributed by atoms with van der Waals surface area (Å²) in [6.07, 6.45) is 10.4. The van der Waals surface area contributed by atoms with E-state index in [2.05, 4.69) is 50.6 Å². The van der Waals surface area contributed by atoms with Gasteiger partial charge in [-0.05, 0) is 24.0 Å². The van der Waals surface area contributed by atoms with E-state index < -0.39 is 0 Å². The summed E-state index contributed by atoms with van der Waals surface area (Å²) >= 11 is 0. The van der Waals surface area contributed by atoms with Gasteiger partial charge in [-0.15, -0.1) is 0 Å². The maximum absolute atomic E-state index is 8.74. The van der Waals surface area contributed by atoms with Crippen molar-refractivity contribution in [3.05, 3.63) is 60.4 Å². The molecule has 1 aliphatic rings. The second-order valence-corrected chi connectivity index (χ2v) is 7.67. The van der Waals surface area contributed by atoms with Crippen LogP contribution in [-0.4, -0.2) is 29.9 Å². The van der Waals surface area contributed by atoms with Crippen molar-refractivity contribution in [2.45, 2.75) is 37.6 Å². The Morgan fingerprint density at radius 2 is 1.84 bits per heavy atom. The van der Waals surface area contributed by atoms with Crippen molar-refractivity contribution < 1.29 is 4.52 Å². The molecule has 3 aromatic heterocycles. The molecule has 1 saturated carbocycles. The predicted octanol–water partition coefficient (Wildman–Crippen LogP) is 3.36. The van der Waals surface area contributed by atoms with Crippen LogP contribution in [0, 0.1) is 11.3 Å². The zero-order valence-electron chi connectivity index (χ0n) is 16.8. The quantitative estimate of drug-likeness (QED) is 0.510. The smallest absolute Gasteiger partial charge is 0.261 e.